The number of tetrazole rings is 1. The van der Waals surface area contributed by atoms with E-state index >= 15 is 0 Å². The molecule has 0 saturated carbocycles. The van der Waals surface area contributed by atoms with Crippen LogP contribution in [0.3, 0.4) is 0 Å². The van der Waals surface area contributed by atoms with Crippen LogP contribution < -0.4 is 10.3 Å². The molecule has 0 fully saturated rings. The average Bonchev–Trinajstić information content (AvgIpc) is 2.93. The first-order chi connectivity index (χ1) is 9.33. The number of hydrogen-bond donors (Lipinski definition) is 1. The summed E-state index contributed by atoms with van der Waals surface area (Å²) in [5.74, 6) is 1.06. The number of hydrogen-bond acceptors (Lipinski definition) is 5. The van der Waals surface area contributed by atoms with Crippen molar-refractivity contribution in [2.75, 3.05) is 0 Å². The van der Waals surface area contributed by atoms with Gasteiger partial charge in [-0.25, -0.2) is 4.68 Å². The molecule has 1 aromatic heterocycles. The fourth-order valence-corrected chi connectivity index (χ4v) is 2.05. The molecule has 2 aromatic rings. The lowest BCUT2D eigenvalue weighted by Gasteiger charge is -2.20. The van der Waals surface area contributed by atoms with E-state index in [2.05, 4.69) is 21.0 Å². The fourth-order valence-electron chi connectivity index (χ4n) is 2.05. The van der Waals surface area contributed by atoms with E-state index in [1.165, 1.54) is 0 Å². The molecule has 0 saturated heterocycles. The Hall–Kier alpha value is -2.44. The SMILES string of the molecule is O=C(NOc1ccccc1)C1CCn2nnnc2C1. The van der Waals surface area contributed by atoms with E-state index in [-0.39, 0.29) is 11.8 Å². The largest absolute Gasteiger partial charge is 0.380 e. The Morgan fingerprint density at radius 1 is 1.37 bits per heavy atom. The zero-order valence-corrected chi connectivity index (χ0v) is 10.2. The second-order valence-corrected chi connectivity index (χ2v) is 4.39. The highest BCUT2D eigenvalue weighted by molar-refractivity contribution is 5.78. The van der Waals surface area contributed by atoms with Gasteiger partial charge in [-0.3, -0.25) is 4.79 Å². The molecule has 1 unspecified atom stereocenters. The number of aryl methyl sites for hydroxylation is 1. The molecule has 1 aromatic carbocycles. The Morgan fingerprint density at radius 3 is 3.05 bits per heavy atom. The Kier molecular flexibility index (Phi) is 3.09. The molecule has 1 atom stereocenters. The molecule has 1 aliphatic rings. The Morgan fingerprint density at radius 2 is 2.21 bits per heavy atom. The van der Waals surface area contributed by atoms with Crippen molar-refractivity contribution in [1.82, 2.24) is 25.7 Å². The second kappa shape index (κ2) is 5.05. The summed E-state index contributed by atoms with van der Waals surface area (Å²) in [5.41, 5.74) is 2.47. The molecular weight excluding hydrogens is 246 g/mol. The first kappa shape index (κ1) is 11.6. The van der Waals surface area contributed by atoms with E-state index < -0.39 is 0 Å². The lowest BCUT2D eigenvalue weighted by atomic mass is 9.97. The van der Waals surface area contributed by atoms with E-state index in [1.807, 2.05) is 18.2 Å². The number of para-hydroxylation sites is 1. The van der Waals surface area contributed by atoms with Crippen molar-refractivity contribution >= 4 is 5.91 Å². The van der Waals surface area contributed by atoms with Crippen LogP contribution >= 0.6 is 0 Å². The van der Waals surface area contributed by atoms with Crippen LogP contribution in [-0.2, 0) is 17.8 Å². The average molecular weight is 259 g/mol. The minimum Gasteiger partial charge on any atom is -0.380 e. The number of carbonyl (C=O) groups is 1. The normalized spacial score (nSPS) is 17.6. The van der Waals surface area contributed by atoms with Gasteiger partial charge in [0.25, 0.3) is 5.91 Å². The van der Waals surface area contributed by atoms with Crippen molar-refractivity contribution < 1.29 is 9.63 Å². The summed E-state index contributed by atoms with van der Waals surface area (Å²) >= 11 is 0. The number of nitrogens with one attached hydrogen (secondary N) is 1. The molecule has 19 heavy (non-hydrogen) atoms. The number of hydroxylamine groups is 1. The highest BCUT2D eigenvalue weighted by Gasteiger charge is 2.27. The third-order valence-electron chi connectivity index (χ3n) is 3.11. The lowest BCUT2D eigenvalue weighted by molar-refractivity contribution is -0.132. The van der Waals surface area contributed by atoms with Crippen molar-refractivity contribution in [1.29, 1.82) is 0 Å². The number of fused-ring (bicyclic) bond motifs is 1. The highest BCUT2D eigenvalue weighted by Crippen LogP contribution is 2.17. The smallest absolute Gasteiger partial charge is 0.256 e. The molecule has 0 spiro atoms. The van der Waals surface area contributed by atoms with Gasteiger partial charge in [0.05, 0.1) is 0 Å². The van der Waals surface area contributed by atoms with Gasteiger partial charge in [-0.1, -0.05) is 18.2 Å². The van der Waals surface area contributed by atoms with Gasteiger partial charge in [-0.15, -0.1) is 5.10 Å². The molecule has 0 radical (unpaired) electrons. The third kappa shape index (κ3) is 2.54. The molecule has 1 N–H and O–H groups in total. The number of nitrogens with zero attached hydrogens (tertiary/aromatic N) is 4. The minimum atomic E-state index is -0.151. The van der Waals surface area contributed by atoms with Crippen molar-refractivity contribution in [2.45, 2.75) is 19.4 Å². The number of benzene rings is 1. The van der Waals surface area contributed by atoms with Crippen LogP contribution in [0.2, 0.25) is 0 Å². The quantitative estimate of drug-likeness (QED) is 0.804. The fraction of sp³-hybridized carbons (Fsp3) is 0.333. The molecule has 2 heterocycles. The van der Waals surface area contributed by atoms with Gasteiger partial charge in [-0.05, 0) is 29.0 Å². The summed E-state index contributed by atoms with van der Waals surface area (Å²) in [5, 5.41) is 11.3. The summed E-state index contributed by atoms with van der Waals surface area (Å²) in [7, 11) is 0. The van der Waals surface area contributed by atoms with Crippen LogP contribution in [0.4, 0.5) is 0 Å². The van der Waals surface area contributed by atoms with E-state index in [4.69, 9.17) is 4.84 Å². The molecular formula is C12H13N5O2. The second-order valence-electron chi connectivity index (χ2n) is 4.39. The summed E-state index contributed by atoms with van der Waals surface area (Å²) in [6.07, 6.45) is 1.25. The Labute approximate surface area is 109 Å². The van der Waals surface area contributed by atoms with Gasteiger partial charge in [0.1, 0.15) is 0 Å². The Bertz CT molecular complexity index is 569. The van der Waals surface area contributed by atoms with Gasteiger partial charge in [-0.2, -0.15) is 5.48 Å². The molecule has 3 rings (SSSR count). The van der Waals surface area contributed by atoms with Crippen molar-refractivity contribution in [2.24, 2.45) is 5.92 Å². The molecule has 7 heteroatoms. The molecule has 98 valence electrons. The molecule has 0 aliphatic carbocycles. The molecule has 0 bridgehead atoms. The summed E-state index contributed by atoms with van der Waals surface area (Å²) < 4.78 is 1.72. The van der Waals surface area contributed by atoms with Gasteiger partial charge >= 0.3 is 0 Å². The monoisotopic (exact) mass is 259 g/mol. The predicted molar refractivity (Wildman–Crippen MR) is 64.8 cm³/mol. The van der Waals surface area contributed by atoms with Crippen LogP contribution in [0.5, 0.6) is 5.75 Å². The standard InChI is InChI=1S/C12H13N5O2/c18-12(14-19-10-4-2-1-3-5-10)9-6-7-17-11(8-9)13-15-16-17/h1-5,9H,6-8H2,(H,14,18). The maximum Gasteiger partial charge on any atom is 0.256 e. The number of rotatable bonds is 3. The third-order valence-corrected chi connectivity index (χ3v) is 3.11. The van der Waals surface area contributed by atoms with E-state index in [0.717, 1.165) is 5.82 Å². The van der Waals surface area contributed by atoms with E-state index in [0.29, 0.717) is 25.1 Å². The van der Waals surface area contributed by atoms with Crippen molar-refractivity contribution in [3.05, 3.63) is 36.2 Å². The zero-order chi connectivity index (χ0) is 13.1. The number of carbonyl (C=O) groups excluding carboxylic acids is 1. The van der Waals surface area contributed by atoms with Crippen LogP contribution in [0, 0.1) is 5.92 Å². The first-order valence-corrected chi connectivity index (χ1v) is 6.10. The number of amides is 1. The maximum atomic E-state index is 12.0. The van der Waals surface area contributed by atoms with Crippen LogP contribution in [-0.4, -0.2) is 26.1 Å². The van der Waals surface area contributed by atoms with Gasteiger partial charge in [0, 0.05) is 18.9 Å². The molecule has 7 nitrogen and oxygen atoms in total. The van der Waals surface area contributed by atoms with Crippen LogP contribution in [0.1, 0.15) is 12.2 Å². The van der Waals surface area contributed by atoms with Gasteiger partial charge < -0.3 is 4.84 Å². The van der Waals surface area contributed by atoms with Crippen molar-refractivity contribution in [3.8, 4) is 5.75 Å². The summed E-state index contributed by atoms with van der Waals surface area (Å²) in [6.45, 7) is 0.658. The topological polar surface area (TPSA) is 81.9 Å². The van der Waals surface area contributed by atoms with E-state index in [9.17, 15) is 4.79 Å². The lowest BCUT2D eigenvalue weighted by Crippen LogP contribution is -2.37. The number of aromatic nitrogens is 4. The molecule has 1 aliphatic heterocycles. The maximum absolute atomic E-state index is 12.0. The van der Waals surface area contributed by atoms with Crippen LogP contribution in [0.15, 0.2) is 30.3 Å². The van der Waals surface area contributed by atoms with E-state index in [1.54, 1.807) is 16.8 Å². The predicted octanol–water partition coefficient (Wildman–Crippen LogP) is 0.346. The van der Waals surface area contributed by atoms with Crippen LogP contribution in [0.25, 0.3) is 0 Å². The van der Waals surface area contributed by atoms with Crippen molar-refractivity contribution in [3.63, 3.8) is 0 Å². The zero-order valence-electron chi connectivity index (χ0n) is 10.2. The van der Waals surface area contributed by atoms with Gasteiger partial charge in [0.2, 0.25) is 0 Å². The molecule has 1 amide bonds. The van der Waals surface area contributed by atoms with Gasteiger partial charge in [0.15, 0.2) is 11.6 Å². The summed E-state index contributed by atoms with van der Waals surface area (Å²) in [6, 6.07) is 9.13. The summed E-state index contributed by atoms with van der Waals surface area (Å²) in [4.78, 5) is 17.2. The minimum absolute atomic E-state index is 0.141. The highest BCUT2D eigenvalue weighted by atomic mass is 16.7. The first-order valence-electron chi connectivity index (χ1n) is 6.10. The Balaban J connectivity index is 1.57.